The van der Waals surface area contributed by atoms with Gasteiger partial charge in [0.15, 0.2) is 0 Å². The number of hydrogen-bond acceptors (Lipinski definition) is 4. The van der Waals surface area contributed by atoms with Gasteiger partial charge in [0.05, 0.1) is 0 Å². The zero-order valence-electron chi connectivity index (χ0n) is 12.4. The number of alkyl halides is 1. The second kappa shape index (κ2) is 13.7. The summed E-state index contributed by atoms with van der Waals surface area (Å²) in [4.78, 5) is 7.22. The number of aromatic nitrogens is 2. The lowest BCUT2D eigenvalue weighted by Crippen LogP contribution is -3.00. The van der Waals surface area contributed by atoms with Crippen molar-refractivity contribution in [3.63, 3.8) is 0 Å². The van der Waals surface area contributed by atoms with Crippen LogP contribution in [0.15, 0.2) is 5.16 Å². The molecule has 132 valence electrons. The maximum atomic E-state index is 6.11. The average molecular weight is 1030 g/mol. The molecule has 0 N–H and O–H groups in total. The fourth-order valence-electron chi connectivity index (χ4n) is 2.23. The molecule has 0 aromatic carbocycles. The highest BCUT2D eigenvalue weighted by molar-refractivity contribution is 15.0. The number of fused-ring (bicyclic) bond motifs is 3. The number of aryl methyl sites for hydroxylation is 2. The van der Waals surface area contributed by atoms with Crippen molar-refractivity contribution in [3.05, 3.63) is 10.4 Å². The molecule has 11 heteroatoms. The normalized spacial score (nSPS) is 14.7. The summed E-state index contributed by atoms with van der Waals surface area (Å²) in [7, 11) is 0. The van der Waals surface area contributed by atoms with Crippen LogP contribution in [0.2, 0.25) is 0 Å². The molecule has 2 aromatic heterocycles. The van der Waals surface area contributed by atoms with Gasteiger partial charge in [-0.05, 0) is 42.4 Å². The summed E-state index contributed by atoms with van der Waals surface area (Å²) in [6.45, 7) is 5.24. The predicted octanol–water partition coefficient (Wildman–Crippen LogP) is 3.67. The number of halogens is 6. The summed E-state index contributed by atoms with van der Waals surface area (Å²) in [5.41, 5.74) is 1.31. The second-order valence-corrected chi connectivity index (χ2v) is 7.23. The SMILES string of the molecule is CSc1nc2sc(C)c(C)c2c2[n+]1CC(CI)O2.II.II.[I-]. The van der Waals surface area contributed by atoms with Crippen LogP contribution in [0.1, 0.15) is 10.4 Å². The predicted molar refractivity (Wildman–Crippen MR) is 140 cm³/mol. The molecule has 0 saturated heterocycles. The lowest BCUT2D eigenvalue weighted by atomic mass is 10.2. The van der Waals surface area contributed by atoms with Crippen LogP contribution in [0, 0.1) is 13.8 Å². The van der Waals surface area contributed by atoms with E-state index in [9.17, 15) is 0 Å². The number of hydrogen-bond donors (Lipinski definition) is 0. The number of ether oxygens (including phenoxy) is 1. The Hall–Kier alpha value is 3.57. The maximum absolute atomic E-state index is 6.11. The summed E-state index contributed by atoms with van der Waals surface area (Å²) < 4.78 is 9.36. The minimum absolute atomic E-state index is 0. The third kappa shape index (κ3) is 6.28. The molecule has 0 aliphatic carbocycles. The topological polar surface area (TPSA) is 26.0 Å². The van der Waals surface area contributed by atoms with Crippen molar-refractivity contribution in [3.8, 4) is 5.88 Å². The molecule has 1 aliphatic heterocycles. The summed E-state index contributed by atoms with van der Waals surface area (Å²) in [5, 5.41) is 2.27. The van der Waals surface area contributed by atoms with E-state index in [1.54, 1.807) is 23.1 Å². The van der Waals surface area contributed by atoms with Crippen molar-refractivity contribution in [2.45, 2.75) is 31.7 Å². The Morgan fingerprint density at radius 3 is 2.43 bits per heavy atom. The third-order valence-electron chi connectivity index (χ3n) is 3.27. The van der Waals surface area contributed by atoms with E-state index < -0.39 is 0 Å². The van der Waals surface area contributed by atoms with Gasteiger partial charge in [0.2, 0.25) is 4.83 Å². The molecular formula is C12H14I6N2OS2. The van der Waals surface area contributed by atoms with Gasteiger partial charge in [0.25, 0.3) is 5.88 Å². The Bertz CT molecular complexity index is 640. The number of thiophene rings is 1. The van der Waals surface area contributed by atoms with Crippen LogP contribution in [-0.4, -0.2) is 21.8 Å². The van der Waals surface area contributed by atoms with E-state index in [1.165, 1.54) is 15.8 Å². The van der Waals surface area contributed by atoms with Gasteiger partial charge in [-0.3, -0.25) is 0 Å². The molecule has 1 atom stereocenters. The highest BCUT2D eigenvalue weighted by Gasteiger charge is 2.35. The zero-order valence-corrected chi connectivity index (χ0v) is 27.0. The van der Waals surface area contributed by atoms with Crippen LogP contribution in [0.25, 0.3) is 10.2 Å². The Morgan fingerprint density at radius 2 is 1.91 bits per heavy atom. The van der Waals surface area contributed by atoms with Gasteiger partial charge in [0.1, 0.15) is 18.0 Å². The monoisotopic (exact) mass is 1030 g/mol. The van der Waals surface area contributed by atoms with Crippen molar-refractivity contribution >= 4 is 130 Å². The lowest BCUT2D eigenvalue weighted by molar-refractivity contribution is -0.720. The summed E-state index contributed by atoms with van der Waals surface area (Å²) >= 11 is 14.3. The van der Waals surface area contributed by atoms with E-state index in [0.29, 0.717) is 0 Å². The molecule has 1 aliphatic rings. The van der Waals surface area contributed by atoms with Crippen LogP contribution in [0.5, 0.6) is 5.88 Å². The fraction of sp³-hybridized carbons (Fsp3) is 0.500. The van der Waals surface area contributed by atoms with Crippen LogP contribution in [0.4, 0.5) is 0 Å². The molecule has 0 bridgehead atoms. The van der Waals surface area contributed by atoms with Gasteiger partial charge in [-0.15, -0.1) is 0 Å². The largest absolute Gasteiger partial charge is 1.00 e. The lowest BCUT2D eigenvalue weighted by Gasteiger charge is -2.01. The van der Waals surface area contributed by atoms with E-state index in [2.05, 4.69) is 122 Å². The molecule has 2 aromatic rings. The van der Waals surface area contributed by atoms with E-state index in [-0.39, 0.29) is 30.1 Å². The van der Waals surface area contributed by atoms with Crippen molar-refractivity contribution in [2.24, 2.45) is 0 Å². The van der Waals surface area contributed by atoms with E-state index in [4.69, 9.17) is 9.72 Å². The first-order valence-electron chi connectivity index (χ1n) is 6.04. The Balaban J connectivity index is 0.000000901. The van der Waals surface area contributed by atoms with Gasteiger partial charge in [0, 0.05) is 83.8 Å². The first-order valence-corrected chi connectivity index (χ1v) is 22.2. The Morgan fingerprint density at radius 1 is 1.30 bits per heavy atom. The summed E-state index contributed by atoms with van der Waals surface area (Å²) in [6, 6.07) is 0. The molecule has 23 heavy (non-hydrogen) atoms. The van der Waals surface area contributed by atoms with Gasteiger partial charge in [-0.2, -0.15) is 4.57 Å². The van der Waals surface area contributed by atoms with E-state index in [0.717, 1.165) is 26.8 Å². The summed E-state index contributed by atoms with van der Waals surface area (Å²) in [5.74, 6) is 1.02. The first-order chi connectivity index (χ1) is 10.7. The molecule has 1 unspecified atom stereocenters. The van der Waals surface area contributed by atoms with Gasteiger partial charge in [-0.25, -0.2) is 0 Å². The molecular weight excluding hydrogens is 1010 g/mol. The third-order valence-corrected chi connectivity index (χ3v) is 6.03. The number of thioether (sulfide) groups is 1. The van der Waals surface area contributed by atoms with Gasteiger partial charge >= 0.3 is 5.16 Å². The first kappa shape index (κ1) is 26.6. The van der Waals surface area contributed by atoms with Crippen LogP contribution >= 0.6 is 120 Å². The molecule has 3 nitrogen and oxygen atoms in total. The van der Waals surface area contributed by atoms with Crippen molar-refractivity contribution in [1.29, 1.82) is 0 Å². The van der Waals surface area contributed by atoms with E-state index >= 15 is 0 Å². The summed E-state index contributed by atoms with van der Waals surface area (Å²) in [6.07, 6.45) is 2.36. The minimum Gasteiger partial charge on any atom is -1.00 e. The van der Waals surface area contributed by atoms with Crippen LogP contribution < -0.4 is 33.3 Å². The molecule has 0 fully saturated rings. The van der Waals surface area contributed by atoms with Gasteiger partial charge < -0.3 is 28.7 Å². The number of nitrogens with zero attached hydrogens (tertiary/aromatic N) is 2. The van der Waals surface area contributed by atoms with E-state index in [1.807, 2.05) is 0 Å². The van der Waals surface area contributed by atoms with Crippen LogP contribution in [-0.2, 0) is 6.54 Å². The Kier molecular flexibility index (Phi) is 15.8. The molecule has 3 rings (SSSR count). The molecule has 0 saturated carbocycles. The zero-order chi connectivity index (χ0) is 16.9. The molecule has 0 amide bonds. The van der Waals surface area contributed by atoms with Crippen molar-refractivity contribution < 1.29 is 33.3 Å². The molecule has 0 radical (unpaired) electrons. The average Bonchev–Trinajstić information content (AvgIpc) is 3.12. The quantitative estimate of drug-likeness (QED) is 0.151. The van der Waals surface area contributed by atoms with Gasteiger partial charge in [-0.1, -0.05) is 33.9 Å². The molecule has 0 spiro atoms. The fourth-order valence-corrected chi connectivity index (χ4v) is 4.32. The smallest absolute Gasteiger partial charge is 0.363 e. The highest BCUT2D eigenvalue weighted by atomic mass is 128. The highest BCUT2D eigenvalue weighted by Crippen LogP contribution is 2.36. The van der Waals surface area contributed by atoms with Crippen LogP contribution in [0.3, 0.4) is 0 Å². The Labute approximate surface area is 222 Å². The maximum Gasteiger partial charge on any atom is 0.363 e. The minimum atomic E-state index is 0. The molecule has 3 heterocycles. The standard InChI is InChI=1S/C12H14IN2OS2.2I2.HI/c1-6-7(2)18-10-9(6)11-15(12(14-10)17-3)5-8(4-13)16-11;2*1-2;/h8H,4-5H2,1-3H3;;;1H/q+1;;;/p-1. The number of rotatable bonds is 2. The van der Waals surface area contributed by atoms with Crippen molar-refractivity contribution in [2.75, 3.05) is 10.7 Å². The van der Waals surface area contributed by atoms with Crippen molar-refractivity contribution in [1.82, 2.24) is 4.98 Å². The second-order valence-electron chi connectivity index (χ2n) is 4.37.